The van der Waals surface area contributed by atoms with Crippen LogP contribution in [-0.2, 0) is 13.0 Å². The van der Waals surface area contributed by atoms with Crippen LogP contribution < -0.4 is 15.4 Å². The monoisotopic (exact) mass is 480 g/mol. The Morgan fingerprint density at radius 2 is 1.93 bits per heavy atom. The topological polar surface area (TPSA) is 75.8 Å². The molecule has 0 spiro atoms. The van der Waals surface area contributed by atoms with Gasteiger partial charge in [0.2, 0.25) is 0 Å². The summed E-state index contributed by atoms with van der Waals surface area (Å²) in [6.45, 7) is 3.99. The predicted octanol–water partition coefficient (Wildman–Crippen LogP) is 2.65. The summed E-state index contributed by atoms with van der Waals surface area (Å²) in [6, 6.07) is 13.9. The normalized spacial score (nSPS) is 11.1. The van der Waals surface area contributed by atoms with Crippen molar-refractivity contribution in [1.82, 2.24) is 25.2 Å². The van der Waals surface area contributed by atoms with Crippen molar-refractivity contribution < 1.29 is 4.74 Å². The maximum Gasteiger partial charge on any atom is 0.191 e. The first kappa shape index (κ1) is 20.9. The molecule has 144 valence electrons. The number of benzene rings is 1. The quantitative estimate of drug-likeness (QED) is 0.309. The number of nitrogens with zero attached hydrogens (tertiary/aromatic N) is 4. The molecular formula is C19H25IN6O. The Kier molecular flexibility index (Phi) is 8.31. The number of hydrogen-bond donors (Lipinski definition) is 2. The molecule has 1 aromatic carbocycles. The first-order chi connectivity index (χ1) is 12.8. The molecule has 0 atom stereocenters. The number of para-hydroxylation sites is 1. The highest BCUT2D eigenvalue weighted by molar-refractivity contribution is 14.0. The van der Waals surface area contributed by atoms with Crippen molar-refractivity contribution in [2.75, 3.05) is 20.2 Å². The summed E-state index contributed by atoms with van der Waals surface area (Å²) in [5, 5.41) is 15.0. The molecule has 0 unspecified atom stereocenters. The zero-order valence-corrected chi connectivity index (χ0v) is 17.9. The van der Waals surface area contributed by atoms with Crippen molar-refractivity contribution in [3.63, 3.8) is 0 Å². The van der Waals surface area contributed by atoms with Crippen LogP contribution >= 0.6 is 24.0 Å². The minimum absolute atomic E-state index is 0. The molecule has 0 saturated heterocycles. The number of aliphatic imine (C=N–C) groups is 1. The SMILES string of the molecule is CCOc1ccccc1CNC(=NC)NCCc1nnc2ccccn12.I. The van der Waals surface area contributed by atoms with Gasteiger partial charge in [-0.25, -0.2) is 0 Å². The number of ether oxygens (including phenoxy) is 1. The molecule has 3 rings (SSSR count). The first-order valence-corrected chi connectivity index (χ1v) is 8.75. The molecule has 0 radical (unpaired) electrons. The van der Waals surface area contributed by atoms with Crippen LogP contribution in [0.1, 0.15) is 18.3 Å². The molecule has 0 aliphatic rings. The van der Waals surface area contributed by atoms with Gasteiger partial charge in [0, 0.05) is 38.3 Å². The van der Waals surface area contributed by atoms with Gasteiger partial charge in [-0.2, -0.15) is 0 Å². The van der Waals surface area contributed by atoms with E-state index in [-0.39, 0.29) is 24.0 Å². The molecular weight excluding hydrogens is 455 g/mol. The highest BCUT2D eigenvalue weighted by Gasteiger charge is 2.06. The Morgan fingerprint density at radius 3 is 2.74 bits per heavy atom. The number of rotatable bonds is 7. The Hall–Kier alpha value is -2.36. The molecule has 0 fully saturated rings. The molecule has 3 aromatic rings. The maximum absolute atomic E-state index is 5.66. The summed E-state index contributed by atoms with van der Waals surface area (Å²) in [6.07, 6.45) is 2.73. The molecule has 2 heterocycles. The van der Waals surface area contributed by atoms with Crippen molar-refractivity contribution in [1.29, 1.82) is 0 Å². The van der Waals surface area contributed by atoms with Gasteiger partial charge in [-0.15, -0.1) is 34.2 Å². The van der Waals surface area contributed by atoms with E-state index in [9.17, 15) is 0 Å². The van der Waals surface area contributed by atoms with E-state index in [0.29, 0.717) is 19.7 Å². The molecule has 0 amide bonds. The highest BCUT2D eigenvalue weighted by Crippen LogP contribution is 2.17. The number of nitrogens with one attached hydrogen (secondary N) is 2. The van der Waals surface area contributed by atoms with Crippen molar-refractivity contribution in [2.45, 2.75) is 19.9 Å². The van der Waals surface area contributed by atoms with Crippen LogP contribution in [0.5, 0.6) is 5.75 Å². The van der Waals surface area contributed by atoms with Gasteiger partial charge in [0.05, 0.1) is 6.61 Å². The first-order valence-electron chi connectivity index (χ1n) is 8.75. The zero-order chi connectivity index (χ0) is 18.2. The maximum atomic E-state index is 5.66. The lowest BCUT2D eigenvalue weighted by atomic mass is 10.2. The fourth-order valence-electron chi connectivity index (χ4n) is 2.70. The fourth-order valence-corrected chi connectivity index (χ4v) is 2.70. The van der Waals surface area contributed by atoms with Crippen LogP contribution in [0.3, 0.4) is 0 Å². The van der Waals surface area contributed by atoms with E-state index in [1.54, 1.807) is 7.05 Å². The lowest BCUT2D eigenvalue weighted by Crippen LogP contribution is -2.38. The number of fused-ring (bicyclic) bond motifs is 1. The number of guanidine groups is 1. The molecule has 27 heavy (non-hydrogen) atoms. The standard InChI is InChI=1S/C19H24N6O.HI/c1-3-26-16-9-5-4-8-15(16)14-22-19(20-2)21-12-11-18-24-23-17-10-6-7-13-25(17)18;/h4-10,13H,3,11-12,14H2,1-2H3,(H2,20,21,22);1H. The zero-order valence-electron chi connectivity index (χ0n) is 15.6. The molecule has 2 aromatic heterocycles. The van der Waals surface area contributed by atoms with Crippen molar-refractivity contribution in [3.8, 4) is 5.75 Å². The van der Waals surface area contributed by atoms with Crippen molar-refractivity contribution in [3.05, 3.63) is 60.0 Å². The Balaban J connectivity index is 0.00000261. The summed E-state index contributed by atoms with van der Waals surface area (Å²) in [5.41, 5.74) is 1.96. The number of pyridine rings is 1. The molecule has 7 nitrogen and oxygen atoms in total. The molecule has 2 N–H and O–H groups in total. The molecule has 0 bridgehead atoms. The summed E-state index contributed by atoms with van der Waals surface area (Å²) in [4.78, 5) is 4.27. The Labute approximate surface area is 176 Å². The lowest BCUT2D eigenvalue weighted by molar-refractivity contribution is 0.336. The Bertz CT molecular complexity index is 879. The lowest BCUT2D eigenvalue weighted by Gasteiger charge is -2.14. The van der Waals surface area contributed by atoms with E-state index >= 15 is 0 Å². The Morgan fingerprint density at radius 1 is 1.11 bits per heavy atom. The van der Waals surface area contributed by atoms with E-state index in [1.165, 1.54) is 0 Å². The van der Waals surface area contributed by atoms with Gasteiger partial charge in [-0.1, -0.05) is 24.3 Å². The minimum atomic E-state index is 0. The summed E-state index contributed by atoms with van der Waals surface area (Å²) >= 11 is 0. The van der Waals surface area contributed by atoms with Gasteiger partial charge >= 0.3 is 0 Å². The van der Waals surface area contributed by atoms with Crippen LogP contribution in [0.2, 0.25) is 0 Å². The number of hydrogen-bond acceptors (Lipinski definition) is 4. The van der Waals surface area contributed by atoms with Crippen LogP contribution in [0, 0.1) is 0 Å². The minimum Gasteiger partial charge on any atom is -0.494 e. The van der Waals surface area contributed by atoms with Crippen LogP contribution in [0.4, 0.5) is 0 Å². The van der Waals surface area contributed by atoms with E-state index in [1.807, 2.05) is 60.0 Å². The van der Waals surface area contributed by atoms with Crippen molar-refractivity contribution in [2.24, 2.45) is 4.99 Å². The second-order valence-electron chi connectivity index (χ2n) is 5.69. The predicted molar refractivity (Wildman–Crippen MR) is 118 cm³/mol. The third kappa shape index (κ3) is 5.56. The fraction of sp³-hybridized carbons (Fsp3) is 0.316. The molecule has 8 heteroatoms. The number of halogens is 1. The van der Waals surface area contributed by atoms with Crippen LogP contribution in [-0.4, -0.2) is 40.8 Å². The van der Waals surface area contributed by atoms with Gasteiger partial charge in [0.15, 0.2) is 11.6 Å². The van der Waals surface area contributed by atoms with Gasteiger partial charge in [0.1, 0.15) is 11.6 Å². The average Bonchev–Trinajstić information content (AvgIpc) is 3.09. The van der Waals surface area contributed by atoms with Gasteiger partial charge in [0.25, 0.3) is 0 Å². The molecule has 0 aliphatic carbocycles. The van der Waals surface area contributed by atoms with E-state index in [4.69, 9.17) is 4.74 Å². The summed E-state index contributed by atoms with van der Waals surface area (Å²) < 4.78 is 7.65. The highest BCUT2D eigenvalue weighted by atomic mass is 127. The van der Waals surface area contributed by atoms with E-state index < -0.39 is 0 Å². The van der Waals surface area contributed by atoms with Crippen molar-refractivity contribution >= 4 is 35.6 Å². The second kappa shape index (κ2) is 10.7. The third-order valence-electron chi connectivity index (χ3n) is 3.97. The average molecular weight is 480 g/mol. The third-order valence-corrected chi connectivity index (χ3v) is 3.97. The second-order valence-corrected chi connectivity index (χ2v) is 5.69. The van der Waals surface area contributed by atoms with E-state index in [2.05, 4.69) is 25.8 Å². The van der Waals surface area contributed by atoms with Crippen LogP contribution in [0.15, 0.2) is 53.7 Å². The summed E-state index contributed by atoms with van der Waals surface area (Å²) in [7, 11) is 1.76. The van der Waals surface area contributed by atoms with Crippen LogP contribution in [0.25, 0.3) is 5.65 Å². The molecule has 0 aliphatic heterocycles. The smallest absolute Gasteiger partial charge is 0.191 e. The summed E-state index contributed by atoms with van der Waals surface area (Å²) in [5.74, 6) is 2.56. The van der Waals surface area contributed by atoms with Gasteiger partial charge < -0.3 is 15.4 Å². The molecule has 0 saturated carbocycles. The van der Waals surface area contributed by atoms with Gasteiger partial charge in [-0.05, 0) is 25.1 Å². The number of aromatic nitrogens is 3. The van der Waals surface area contributed by atoms with Gasteiger partial charge in [-0.3, -0.25) is 9.39 Å². The largest absolute Gasteiger partial charge is 0.494 e. The van der Waals surface area contributed by atoms with E-state index in [0.717, 1.165) is 35.2 Å².